The van der Waals surface area contributed by atoms with Crippen molar-refractivity contribution in [3.8, 4) is 11.1 Å². The van der Waals surface area contributed by atoms with E-state index in [1.54, 1.807) is 0 Å². The van der Waals surface area contributed by atoms with E-state index in [1.165, 1.54) is 22.3 Å². The van der Waals surface area contributed by atoms with Gasteiger partial charge in [-0.2, -0.15) is 0 Å². The van der Waals surface area contributed by atoms with E-state index in [2.05, 4.69) is 58.0 Å². The number of benzene rings is 2. The summed E-state index contributed by atoms with van der Waals surface area (Å²) in [6.45, 7) is 8.80. The van der Waals surface area contributed by atoms with E-state index >= 15 is 0 Å². The first kappa shape index (κ1) is 13.2. The molecule has 2 aromatic carbocycles. The standard InChI is InChI=1S/C17H19Cl/c1-12-5-10-15(18)11-16(12)13-6-8-14(9-7-13)17(2,3)4/h5-11H,1-4H3. The maximum atomic E-state index is 6.07. The van der Waals surface area contributed by atoms with Gasteiger partial charge in [0.2, 0.25) is 0 Å². The number of aryl methyl sites for hydroxylation is 1. The minimum Gasteiger partial charge on any atom is -0.0843 e. The molecule has 18 heavy (non-hydrogen) atoms. The van der Waals surface area contributed by atoms with Gasteiger partial charge in [-0.1, -0.05) is 62.7 Å². The van der Waals surface area contributed by atoms with Crippen molar-refractivity contribution in [1.82, 2.24) is 0 Å². The van der Waals surface area contributed by atoms with Gasteiger partial charge in [0.25, 0.3) is 0 Å². The van der Waals surface area contributed by atoms with E-state index in [4.69, 9.17) is 11.6 Å². The lowest BCUT2D eigenvalue weighted by Crippen LogP contribution is -2.10. The fourth-order valence-electron chi connectivity index (χ4n) is 2.06. The number of hydrogen-bond acceptors (Lipinski definition) is 0. The molecule has 0 fully saturated rings. The van der Waals surface area contributed by atoms with Gasteiger partial charge in [-0.3, -0.25) is 0 Å². The van der Waals surface area contributed by atoms with Crippen LogP contribution in [0.25, 0.3) is 11.1 Å². The van der Waals surface area contributed by atoms with Crippen molar-refractivity contribution < 1.29 is 0 Å². The Kier molecular flexibility index (Phi) is 3.49. The second-order valence-corrected chi connectivity index (χ2v) is 6.22. The molecular weight excluding hydrogens is 240 g/mol. The van der Waals surface area contributed by atoms with Gasteiger partial charge < -0.3 is 0 Å². The molecular formula is C17H19Cl. The van der Waals surface area contributed by atoms with E-state index in [-0.39, 0.29) is 5.41 Å². The molecule has 0 nitrogen and oxygen atoms in total. The average molecular weight is 259 g/mol. The highest BCUT2D eigenvalue weighted by Crippen LogP contribution is 2.29. The van der Waals surface area contributed by atoms with Crippen LogP contribution >= 0.6 is 11.6 Å². The van der Waals surface area contributed by atoms with Crippen molar-refractivity contribution in [2.75, 3.05) is 0 Å². The Morgan fingerprint density at radius 1 is 0.889 bits per heavy atom. The predicted molar refractivity (Wildman–Crippen MR) is 80.3 cm³/mol. The fourth-order valence-corrected chi connectivity index (χ4v) is 2.23. The zero-order valence-electron chi connectivity index (χ0n) is 11.4. The third-order valence-electron chi connectivity index (χ3n) is 3.26. The monoisotopic (exact) mass is 258 g/mol. The Labute approximate surface area is 115 Å². The second kappa shape index (κ2) is 4.78. The van der Waals surface area contributed by atoms with Gasteiger partial charge in [-0.25, -0.2) is 0 Å². The highest BCUT2D eigenvalue weighted by molar-refractivity contribution is 6.30. The lowest BCUT2D eigenvalue weighted by atomic mass is 9.86. The molecule has 94 valence electrons. The summed E-state index contributed by atoms with van der Waals surface area (Å²) in [6, 6.07) is 14.8. The molecule has 0 spiro atoms. The van der Waals surface area contributed by atoms with E-state index in [9.17, 15) is 0 Å². The Morgan fingerprint density at radius 3 is 2.06 bits per heavy atom. The summed E-state index contributed by atoms with van der Waals surface area (Å²) in [4.78, 5) is 0. The Morgan fingerprint density at radius 2 is 1.50 bits per heavy atom. The molecule has 1 heteroatoms. The fraction of sp³-hybridized carbons (Fsp3) is 0.294. The van der Waals surface area contributed by atoms with Gasteiger partial charge in [-0.05, 0) is 46.7 Å². The SMILES string of the molecule is Cc1ccc(Cl)cc1-c1ccc(C(C)(C)C)cc1. The maximum Gasteiger partial charge on any atom is 0.0412 e. The van der Waals surface area contributed by atoms with Crippen LogP contribution in [0.4, 0.5) is 0 Å². The van der Waals surface area contributed by atoms with Gasteiger partial charge in [0.1, 0.15) is 0 Å². The molecule has 0 aromatic heterocycles. The van der Waals surface area contributed by atoms with E-state index < -0.39 is 0 Å². The lowest BCUT2D eigenvalue weighted by Gasteiger charge is -2.19. The molecule has 0 atom stereocenters. The maximum absolute atomic E-state index is 6.07. The molecule has 0 saturated heterocycles. The van der Waals surface area contributed by atoms with Crippen LogP contribution in [0, 0.1) is 6.92 Å². The lowest BCUT2D eigenvalue weighted by molar-refractivity contribution is 0.590. The third-order valence-corrected chi connectivity index (χ3v) is 3.50. The predicted octanol–water partition coefficient (Wildman–Crippen LogP) is 5.61. The Hall–Kier alpha value is -1.27. The van der Waals surface area contributed by atoms with Crippen LogP contribution in [0.15, 0.2) is 42.5 Å². The van der Waals surface area contributed by atoms with Crippen LogP contribution in [-0.2, 0) is 5.41 Å². The van der Waals surface area contributed by atoms with Gasteiger partial charge in [0, 0.05) is 5.02 Å². The highest BCUT2D eigenvalue weighted by Gasteiger charge is 2.13. The van der Waals surface area contributed by atoms with Gasteiger partial charge in [-0.15, -0.1) is 0 Å². The molecule has 0 bridgehead atoms. The topological polar surface area (TPSA) is 0 Å². The third kappa shape index (κ3) is 2.76. The van der Waals surface area contributed by atoms with Crippen molar-refractivity contribution in [3.05, 3.63) is 58.6 Å². The van der Waals surface area contributed by atoms with E-state index in [0.29, 0.717) is 0 Å². The van der Waals surface area contributed by atoms with Crippen LogP contribution in [0.5, 0.6) is 0 Å². The van der Waals surface area contributed by atoms with Crippen LogP contribution in [0.1, 0.15) is 31.9 Å². The molecule has 2 rings (SSSR count). The molecule has 0 amide bonds. The number of halogens is 1. The summed E-state index contributed by atoms with van der Waals surface area (Å²) >= 11 is 6.07. The van der Waals surface area contributed by atoms with Crippen LogP contribution in [0.2, 0.25) is 5.02 Å². The summed E-state index contributed by atoms with van der Waals surface area (Å²) in [6.07, 6.45) is 0. The molecule has 2 aromatic rings. The van der Waals surface area contributed by atoms with Crippen molar-refractivity contribution in [1.29, 1.82) is 0 Å². The molecule has 0 N–H and O–H groups in total. The average Bonchev–Trinajstić information content (AvgIpc) is 2.31. The summed E-state index contributed by atoms with van der Waals surface area (Å²) in [7, 11) is 0. The van der Waals surface area contributed by atoms with Crippen LogP contribution in [0.3, 0.4) is 0 Å². The molecule has 0 aliphatic heterocycles. The van der Waals surface area contributed by atoms with Crippen LogP contribution in [-0.4, -0.2) is 0 Å². The normalized spacial score (nSPS) is 11.6. The minimum atomic E-state index is 0.196. The first-order chi connectivity index (χ1) is 8.38. The van der Waals surface area contributed by atoms with Gasteiger partial charge in [0.05, 0.1) is 0 Å². The van der Waals surface area contributed by atoms with Crippen LogP contribution < -0.4 is 0 Å². The van der Waals surface area contributed by atoms with Crippen molar-refractivity contribution >= 4 is 11.6 Å². The van der Waals surface area contributed by atoms with Gasteiger partial charge in [0.15, 0.2) is 0 Å². The molecule has 0 radical (unpaired) electrons. The number of rotatable bonds is 1. The van der Waals surface area contributed by atoms with Crippen molar-refractivity contribution in [2.24, 2.45) is 0 Å². The quantitative estimate of drug-likeness (QED) is 0.623. The molecule has 0 unspecified atom stereocenters. The zero-order chi connectivity index (χ0) is 13.3. The van der Waals surface area contributed by atoms with Gasteiger partial charge >= 0.3 is 0 Å². The van der Waals surface area contributed by atoms with E-state index in [1.807, 2.05) is 12.1 Å². The largest absolute Gasteiger partial charge is 0.0843 e. The highest BCUT2D eigenvalue weighted by atomic mass is 35.5. The summed E-state index contributed by atoms with van der Waals surface area (Å²) in [5, 5.41) is 0.787. The second-order valence-electron chi connectivity index (χ2n) is 5.79. The van der Waals surface area contributed by atoms with E-state index in [0.717, 1.165) is 5.02 Å². The Bertz CT molecular complexity index is 545. The first-order valence-corrected chi connectivity index (χ1v) is 6.63. The summed E-state index contributed by atoms with van der Waals surface area (Å²) in [5.41, 5.74) is 5.24. The molecule has 0 saturated carbocycles. The summed E-state index contributed by atoms with van der Waals surface area (Å²) < 4.78 is 0. The summed E-state index contributed by atoms with van der Waals surface area (Å²) in [5.74, 6) is 0. The number of hydrogen-bond donors (Lipinski definition) is 0. The minimum absolute atomic E-state index is 0.196. The molecule has 0 aliphatic rings. The Balaban J connectivity index is 2.43. The zero-order valence-corrected chi connectivity index (χ0v) is 12.2. The molecule has 0 aliphatic carbocycles. The van der Waals surface area contributed by atoms with Crippen molar-refractivity contribution in [3.63, 3.8) is 0 Å². The first-order valence-electron chi connectivity index (χ1n) is 6.25. The molecule has 0 heterocycles. The smallest absolute Gasteiger partial charge is 0.0412 e. The van der Waals surface area contributed by atoms with Crippen molar-refractivity contribution in [2.45, 2.75) is 33.1 Å².